The Morgan fingerprint density at radius 3 is 2.40 bits per heavy atom. The lowest BCUT2D eigenvalue weighted by Crippen LogP contribution is -1.89. The SMILES string of the molecule is C[C@@H](O)c1cc([N+](=O)[O-])c(Oc2cc(Cl)cc(Cl)c2)s1. The molecule has 8 heteroatoms. The molecule has 2 rings (SSSR count). The average Bonchev–Trinajstić information content (AvgIpc) is 2.71. The highest BCUT2D eigenvalue weighted by molar-refractivity contribution is 7.14. The molecule has 0 fully saturated rings. The van der Waals surface area contributed by atoms with E-state index in [-0.39, 0.29) is 10.8 Å². The second kappa shape index (κ2) is 5.97. The van der Waals surface area contributed by atoms with E-state index >= 15 is 0 Å². The average molecular weight is 334 g/mol. The molecule has 5 nitrogen and oxygen atoms in total. The van der Waals surface area contributed by atoms with Crippen molar-refractivity contribution < 1.29 is 14.8 Å². The summed E-state index contributed by atoms with van der Waals surface area (Å²) in [5.41, 5.74) is -0.206. The van der Waals surface area contributed by atoms with E-state index in [1.54, 1.807) is 0 Å². The topological polar surface area (TPSA) is 72.6 Å². The van der Waals surface area contributed by atoms with Crippen LogP contribution in [-0.4, -0.2) is 10.0 Å². The number of ether oxygens (including phenoxy) is 1. The number of nitro groups is 1. The summed E-state index contributed by atoms with van der Waals surface area (Å²) in [7, 11) is 0. The molecule has 1 heterocycles. The van der Waals surface area contributed by atoms with Crippen LogP contribution in [0.25, 0.3) is 0 Å². The van der Waals surface area contributed by atoms with E-state index in [4.69, 9.17) is 27.9 Å². The quantitative estimate of drug-likeness (QED) is 0.643. The Morgan fingerprint density at radius 2 is 1.90 bits per heavy atom. The fourth-order valence-corrected chi connectivity index (χ4v) is 2.92. The Kier molecular flexibility index (Phi) is 4.49. The van der Waals surface area contributed by atoms with Crippen LogP contribution in [0.3, 0.4) is 0 Å². The Labute approximate surface area is 128 Å². The van der Waals surface area contributed by atoms with Gasteiger partial charge in [-0.1, -0.05) is 34.5 Å². The molecule has 0 amide bonds. The smallest absolute Gasteiger partial charge is 0.323 e. The van der Waals surface area contributed by atoms with Gasteiger partial charge in [-0.05, 0) is 25.1 Å². The molecule has 106 valence electrons. The van der Waals surface area contributed by atoms with Crippen molar-refractivity contribution >= 4 is 40.2 Å². The van der Waals surface area contributed by atoms with Crippen molar-refractivity contribution in [2.45, 2.75) is 13.0 Å². The summed E-state index contributed by atoms with van der Waals surface area (Å²) in [6, 6.07) is 5.81. The van der Waals surface area contributed by atoms with Crippen LogP contribution in [0.2, 0.25) is 10.0 Å². The van der Waals surface area contributed by atoms with Gasteiger partial charge < -0.3 is 9.84 Å². The lowest BCUT2D eigenvalue weighted by atomic mass is 10.3. The summed E-state index contributed by atoms with van der Waals surface area (Å²) >= 11 is 12.7. The standard InChI is InChI=1S/C12H9Cl2NO4S/c1-6(16)11-5-10(15(17)18)12(20-11)19-9-3-7(13)2-8(14)4-9/h2-6,16H,1H3/t6-/m1/s1. The van der Waals surface area contributed by atoms with Crippen LogP contribution >= 0.6 is 34.5 Å². The summed E-state index contributed by atoms with van der Waals surface area (Å²) < 4.78 is 5.46. The molecule has 1 atom stereocenters. The van der Waals surface area contributed by atoms with Gasteiger partial charge in [0.15, 0.2) is 0 Å². The fraction of sp³-hybridized carbons (Fsp3) is 0.167. The number of thiophene rings is 1. The minimum Gasteiger partial charge on any atom is -0.440 e. The molecule has 0 bridgehead atoms. The molecule has 0 radical (unpaired) electrons. The van der Waals surface area contributed by atoms with Crippen LogP contribution < -0.4 is 4.74 Å². The van der Waals surface area contributed by atoms with E-state index in [1.165, 1.54) is 31.2 Å². The zero-order valence-corrected chi connectivity index (χ0v) is 12.5. The van der Waals surface area contributed by atoms with Crippen molar-refractivity contribution in [3.05, 3.63) is 49.3 Å². The lowest BCUT2D eigenvalue weighted by Gasteiger charge is -2.04. The first-order valence-corrected chi connectivity index (χ1v) is 7.04. The van der Waals surface area contributed by atoms with Crippen LogP contribution in [-0.2, 0) is 0 Å². The number of hydrogen-bond acceptors (Lipinski definition) is 5. The predicted octanol–water partition coefficient (Wildman–Crippen LogP) is 4.81. The van der Waals surface area contributed by atoms with Gasteiger partial charge in [0.2, 0.25) is 0 Å². The Balaban J connectivity index is 2.39. The normalized spacial score (nSPS) is 12.2. The van der Waals surface area contributed by atoms with Crippen molar-refractivity contribution in [1.82, 2.24) is 0 Å². The summed E-state index contributed by atoms with van der Waals surface area (Å²) in [4.78, 5) is 10.9. The number of rotatable bonds is 4. The second-order valence-electron chi connectivity index (χ2n) is 3.96. The molecule has 1 aromatic carbocycles. The van der Waals surface area contributed by atoms with Gasteiger partial charge in [0, 0.05) is 21.0 Å². The van der Waals surface area contributed by atoms with Gasteiger partial charge in [0.05, 0.1) is 11.0 Å². The van der Waals surface area contributed by atoms with E-state index in [0.29, 0.717) is 20.7 Å². The molecule has 0 aliphatic carbocycles. The molecule has 0 aliphatic rings. The van der Waals surface area contributed by atoms with Gasteiger partial charge in [0.1, 0.15) is 5.75 Å². The van der Waals surface area contributed by atoms with Crippen LogP contribution in [0.4, 0.5) is 5.69 Å². The highest BCUT2D eigenvalue weighted by Gasteiger charge is 2.23. The third-order valence-electron chi connectivity index (χ3n) is 2.35. The summed E-state index contributed by atoms with van der Waals surface area (Å²) in [5, 5.41) is 21.3. The van der Waals surface area contributed by atoms with E-state index in [9.17, 15) is 15.2 Å². The number of benzene rings is 1. The van der Waals surface area contributed by atoms with Crippen LogP contribution in [0, 0.1) is 10.1 Å². The van der Waals surface area contributed by atoms with Gasteiger partial charge >= 0.3 is 5.69 Å². The minimum absolute atomic E-state index is 0.0734. The Bertz CT molecular complexity index is 637. The highest BCUT2D eigenvalue weighted by Crippen LogP contribution is 2.42. The maximum Gasteiger partial charge on any atom is 0.323 e. The van der Waals surface area contributed by atoms with E-state index < -0.39 is 11.0 Å². The lowest BCUT2D eigenvalue weighted by molar-refractivity contribution is -0.385. The minimum atomic E-state index is -0.806. The molecule has 20 heavy (non-hydrogen) atoms. The van der Waals surface area contributed by atoms with Gasteiger partial charge in [0.25, 0.3) is 5.06 Å². The summed E-state index contributed by atoms with van der Waals surface area (Å²) in [5.74, 6) is 0.296. The van der Waals surface area contributed by atoms with Crippen molar-refractivity contribution in [3.63, 3.8) is 0 Å². The van der Waals surface area contributed by atoms with Crippen LogP contribution in [0.15, 0.2) is 24.3 Å². The van der Waals surface area contributed by atoms with Crippen LogP contribution in [0.1, 0.15) is 17.9 Å². The largest absolute Gasteiger partial charge is 0.440 e. The zero-order valence-electron chi connectivity index (χ0n) is 10.2. The number of nitrogens with zero attached hydrogens (tertiary/aromatic N) is 1. The molecule has 0 saturated carbocycles. The number of aliphatic hydroxyl groups is 1. The van der Waals surface area contributed by atoms with Crippen molar-refractivity contribution in [2.75, 3.05) is 0 Å². The van der Waals surface area contributed by atoms with Gasteiger partial charge in [-0.3, -0.25) is 10.1 Å². The van der Waals surface area contributed by atoms with E-state index in [0.717, 1.165) is 11.3 Å². The third kappa shape index (κ3) is 3.40. The molecule has 2 aromatic rings. The number of halogens is 2. The molecule has 1 N–H and O–H groups in total. The molecule has 0 unspecified atom stereocenters. The third-order valence-corrected chi connectivity index (χ3v) is 3.96. The maximum absolute atomic E-state index is 11.0. The molecular formula is C12H9Cl2NO4S. The molecule has 0 saturated heterocycles. The second-order valence-corrected chi connectivity index (χ2v) is 5.88. The van der Waals surface area contributed by atoms with Gasteiger partial charge in [-0.15, -0.1) is 0 Å². The molecule has 1 aromatic heterocycles. The molecule has 0 spiro atoms. The van der Waals surface area contributed by atoms with E-state index in [2.05, 4.69) is 0 Å². The van der Waals surface area contributed by atoms with Gasteiger partial charge in [-0.2, -0.15) is 0 Å². The fourth-order valence-electron chi connectivity index (χ4n) is 1.48. The van der Waals surface area contributed by atoms with Crippen LogP contribution in [0.5, 0.6) is 10.8 Å². The summed E-state index contributed by atoms with van der Waals surface area (Å²) in [6.07, 6.45) is -0.806. The molecular weight excluding hydrogens is 325 g/mol. The first kappa shape index (κ1) is 15.1. The Hall–Kier alpha value is -1.34. The monoisotopic (exact) mass is 333 g/mol. The zero-order chi connectivity index (χ0) is 14.9. The molecule has 0 aliphatic heterocycles. The van der Waals surface area contributed by atoms with Gasteiger partial charge in [-0.25, -0.2) is 0 Å². The highest BCUT2D eigenvalue weighted by atomic mass is 35.5. The van der Waals surface area contributed by atoms with Crippen molar-refractivity contribution in [1.29, 1.82) is 0 Å². The predicted molar refractivity (Wildman–Crippen MR) is 78.1 cm³/mol. The van der Waals surface area contributed by atoms with Crippen molar-refractivity contribution in [3.8, 4) is 10.8 Å². The first-order chi connectivity index (χ1) is 9.36. The number of hydrogen-bond donors (Lipinski definition) is 1. The Morgan fingerprint density at radius 1 is 1.30 bits per heavy atom. The van der Waals surface area contributed by atoms with Crippen molar-refractivity contribution in [2.24, 2.45) is 0 Å². The summed E-state index contributed by atoms with van der Waals surface area (Å²) in [6.45, 7) is 1.52. The van der Waals surface area contributed by atoms with E-state index in [1.807, 2.05) is 0 Å². The maximum atomic E-state index is 11.0. The number of aliphatic hydroxyl groups excluding tert-OH is 1. The first-order valence-electron chi connectivity index (χ1n) is 5.47.